The van der Waals surface area contributed by atoms with E-state index in [4.69, 9.17) is 4.42 Å². The molecule has 0 aliphatic heterocycles. The molecule has 98 valence electrons. The number of furan rings is 1. The van der Waals surface area contributed by atoms with Gasteiger partial charge in [-0.15, -0.1) is 0 Å². The Morgan fingerprint density at radius 3 is 2.47 bits per heavy atom. The zero-order valence-corrected chi connectivity index (χ0v) is 11.2. The highest BCUT2D eigenvalue weighted by Crippen LogP contribution is 2.13. The smallest absolute Gasteiger partial charge is 0.274 e. The summed E-state index contributed by atoms with van der Waals surface area (Å²) in [6.07, 6.45) is 0. The number of amides is 1. The van der Waals surface area contributed by atoms with Crippen LogP contribution in [0.5, 0.6) is 0 Å². The first-order chi connectivity index (χ1) is 9.08. The van der Waals surface area contributed by atoms with E-state index in [9.17, 15) is 4.79 Å². The van der Waals surface area contributed by atoms with E-state index in [1.165, 1.54) is 0 Å². The van der Waals surface area contributed by atoms with E-state index < -0.39 is 0 Å². The van der Waals surface area contributed by atoms with Crippen LogP contribution in [-0.2, 0) is 0 Å². The molecule has 1 N–H and O–H groups in total. The van der Waals surface area contributed by atoms with Gasteiger partial charge in [-0.2, -0.15) is 5.10 Å². The van der Waals surface area contributed by atoms with Crippen LogP contribution in [0.15, 0.2) is 45.9 Å². The van der Waals surface area contributed by atoms with Crippen LogP contribution >= 0.6 is 0 Å². The van der Waals surface area contributed by atoms with Crippen molar-refractivity contribution in [3.8, 4) is 0 Å². The van der Waals surface area contributed by atoms with Crippen molar-refractivity contribution in [3.05, 3.63) is 59.0 Å². The summed E-state index contributed by atoms with van der Waals surface area (Å²) in [5.74, 6) is 1.05. The molecular formula is C15H16N2O2. The Labute approximate surface area is 112 Å². The van der Waals surface area contributed by atoms with Gasteiger partial charge in [-0.3, -0.25) is 4.79 Å². The molecule has 2 rings (SSSR count). The van der Waals surface area contributed by atoms with Crippen LogP contribution in [0.1, 0.15) is 34.4 Å². The monoisotopic (exact) mass is 256 g/mol. The van der Waals surface area contributed by atoms with Gasteiger partial charge in [0.1, 0.15) is 11.5 Å². The molecule has 2 aromatic rings. The minimum Gasteiger partial charge on any atom is -0.466 e. The molecule has 0 bridgehead atoms. The molecule has 0 radical (unpaired) electrons. The predicted octanol–water partition coefficient (Wildman–Crippen LogP) is 3.05. The van der Waals surface area contributed by atoms with Crippen molar-refractivity contribution >= 4 is 11.6 Å². The second kappa shape index (κ2) is 5.52. The van der Waals surface area contributed by atoms with Gasteiger partial charge in [-0.05, 0) is 32.4 Å². The summed E-state index contributed by atoms with van der Waals surface area (Å²) >= 11 is 0. The van der Waals surface area contributed by atoms with Crippen LogP contribution in [0.3, 0.4) is 0 Å². The third kappa shape index (κ3) is 3.10. The summed E-state index contributed by atoms with van der Waals surface area (Å²) in [4.78, 5) is 11.9. The first-order valence-electron chi connectivity index (χ1n) is 6.05. The second-order valence-electron chi connectivity index (χ2n) is 4.33. The average Bonchev–Trinajstić information content (AvgIpc) is 2.75. The molecular weight excluding hydrogens is 240 g/mol. The summed E-state index contributed by atoms with van der Waals surface area (Å²) in [5.41, 5.74) is 4.79. The van der Waals surface area contributed by atoms with Crippen LogP contribution < -0.4 is 5.43 Å². The molecule has 1 amide bonds. The molecule has 1 aromatic heterocycles. The average molecular weight is 256 g/mol. The van der Waals surface area contributed by atoms with Crippen LogP contribution in [0, 0.1) is 13.8 Å². The van der Waals surface area contributed by atoms with Gasteiger partial charge < -0.3 is 4.42 Å². The highest BCUT2D eigenvalue weighted by atomic mass is 16.3. The Morgan fingerprint density at radius 2 is 1.89 bits per heavy atom. The van der Waals surface area contributed by atoms with Crippen molar-refractivity contribution < 1.29 is 9.21 Å². The predicted molar refractivity (Wildman–Crippen MR) is 74.3 cm³/mol. The third-order valence-electron chi connectivity index (χ3n) is 2.80. The van der Waals surface area contributed by atoms with Gasteiger partial charge >= 0.3 is 0 Å². The first kappa shape index (κ1) is 13.1. The number of rotatable bonds is 3. The highest BCUT2D eigenvalue weighted by Gasteiger charge is 2.12. The minimum absolute atomic E-state index is 0.260. The van der Waals surface area contributed by atoms with Gasteiger partial charge in [0.2, 0.25) is 0 Å². The maximum atomic E-state index is 11.9. The van der Waals surface area contributed by atoms with Crippen LogP contribution in [0.4, 0.5) is 0 Å². The number of aryl methyl sites for hydroxylation is 2. The molecule has 0 fully saturated rings. The van der Waals surface area contributed by atoms with Crippen LogP contribution in [0.25, 0.3) is 0 Å². The zero-order valence-electron chi connectivity index (χ0n) is 11.2. The zero-order chi connectivity index (χ0) is 13.8. The van der Waals surface area contributed by atoms with Crippen LogP contribution in [0.2, 0.25) is 0 Å². The molecule has 0 saturated carbocycles. The fourth-order valence-corrected chi connectivity index (χ4v) is 1.80. The lowest BCUT2D eigenvalue weighted by atomic mass is 10.1. The van der Waals surface area contributed by atoms with Crippen molar-refractivity contribution in [1.29, 1.82) is 0 Å². The Kier molecular flexibility index (Phi) is 3.80. The van der Waals surface area contributed by atoms with E-state index in [0.717, 1.165) is 11.3 Å². The summed E-state index contributed by atoms with van der Waals surface area (Å²) in [7, 11) is 0. The van der Waals surface area contributed by atoms with Gasteiger partial charge in [0.25, 0.3) is 5.91 Å². The van der Waals surface area contributed by atoms with E-state index in [1.54, 1.807) is 13.0 Å². The fraction of sp³-hybridized carbons (Fsp3) is 0.200. The number of nitrogens with one attached hydrogen (secondary N) is 1. The van der Waals surface area contributed by atoms with Crippen molar-refractivity contribution in [2.24, 2.45) is 5.10 Å². The van der Waals surface area contributed by atoms with Crippen molar-refractivity contribution in [3.63, 3.8) is 0 Å². The standard InChI is InChI=1S/C15H16N2O2/c1-10-9-14(12(3)19-10)15(18)17-16-11(2)13-7-5-4-6-8-13/h4-9H,1-3H3,(H,17,18)/b16-11-. The third-order valence-corrected chi connectivity index (χ3v) is 2.80. The van der Waals surface area contributed by atoms with Gasteiger partial charge in [0, 0.05) is 0 Å². The van der Waals surface area contributed by atoms with E-state index in [-0.39, 0.29) is 5.91 Å². The van der Waals surface area contributed by atoms with Crippen LogP contribution in [-0.4, -0.2) is 11.6 Å². The van der Waals surface area contributed by atoms with Crippen molar-refractivity contribution in [2.45, 2.75) is 20.8 Å². The van der Waals surface area contributed by atoms with Gasteiger partial charge in [0.05, 0.1) is 11.3 Å². The number of benzene rings is 1. The highest BCUT2D eigenvalue weighted by molar-refractivity contribution is 6.01. The summed E-state index contributed by atoms with van der Waals surface area (Å²) in [6, 6.07) is 11.4. The van der Waals surface area contributed by atoms with E-state index in [0.29, 0.717) is 17.1 Å². The lowest BCUT2D eigenvalue weighted by Crippen LogP contribution is -2.19. The van der Waals surface area contributed by atoms with Gasteiger partial charge in [0.15, 0.2) is 0 Å². The lowest BCUT2D eigenvalue weighted by Gasteiger charge is -2.01. The quantitative estimate of drug-likeness (QED) is 0.677. The largest absolute Gasteiger partial charge is 0.466 e. The number of nitrogens with zero attached hydrogens (tertiary/aromatic N) is 1. The van der Waals surface area contributed by atoms with E-state index >= 15 is 0 Å². The Bertz CT molecular complexity index is 612. The molecule has 1 aromatic carbocycles. The maximum Gasteiger partial charge on any atom is 0.274 e. The van der Waals surface area contributed by atoms with Gasteiger partial charge in [-0.1, -0.05) is 30.3 Å². The Hall–Kier alpha value is -2.36. The van der Waals surface area contributed by atoms with Crippen molar-refractivity contribution in [1.82, 2.24) is 5.43 Å². The number of carbonyl (C=O) groups excluding carboxylic acids is 1. The fourth-order valence-electron chi connectivity index (χ4n) is 1.80. The normalized spacial score (nSPS) is 11.4. The second-order valence-corrected chi connectivity index (χ2v) is 4.33. The number of hydrogen-bond acceptors (Lipinski definition) is 3. The maximum absolute atomic E-state index is 11.9. The minimum atomic E-state index is -0.260. The summed E-state index contributed by atoms with van der Waals surface area (Å²) in [5, 5.41) is 4.10. The molecule has 1 heterocycles. The summed E-state index contributed by atoms with van der Waals surface area (Å²) in [6.45, 7) is 5.42. The molecule has 0 aliphatic rings. The number of carbonyl (C=O) groups is 1. The molecule has 4 heteroatoms. The van der Waals surface area contributed by atoms with E-state index in [1.807, 2.05) is 44.2 Å². The molecule has 0 unspecified atom stereocenters. The lowest BCUT2D eigenvalue weighted by molar-refractivity contribution is 0.0953. The van der Waals surface area contributed by atoms with Crippen molar-refractivity contribution in [2.75, 3.05) is 0 Å². The van der Waals surface area contributed by atoms with E-state index in [2.05, 4.69) is 10.5 Å². The molecule has 19 heavy (non-hydrogen) atoms. The molecule has 0 saturated heterocycles. The molecule has 0 atom stereocenters. The Morgan fingerprint density at radius 1 is 1.21 bits per heavy atom. The first-order valence-corrected chi connectivity index (χ1v) is 6.05. The Balaban J connectivity index is 2.10. The molecule has 4 nitrogen and oxygen atoms in total. The van der Waals surface area contributed by atoms with Gasteiger partial charge in [-0.25, -0.2) is 5.43 Å². The molecule has 0 spiro atoms. The number of hydrogen-bond donors (Lipinski definition) is 1. The topological polar surface area (TPSA) is 54.6 Å². The summed E-state index contributed by atoms with van der Waals surface area (Å²) < 4.78 is 5.32. The SMILES string of the molecule is C/C(=N/NC(=O)c1cc(C)oc1C)c1ccccc1. The number of hydrazone groups is 1. The molecule has 0 aliphatic carbocycles.